The smallest absolute Gasteiger partial charge is 0.250 e. The normalized spacial score (nSPS) is 13.6. The van der Waals surface area contributed by atoms with Crippen molar-refractivity contribution in [2.24, 2.45) is 0 Å². The minimum absolute atomic E-state index is 0.621. The fourth-order valence-corrected chi connectivity index (χ4v) is 5.65. The van der Waals surface area contributed by atoms with Crippen molar-refractivity contribution in [2.75, 3.05) is 0 Å². The van der Waals surface area contributed by atoms with Gasteiger partial charge < -0.3 is 0 Å². The Kier molecular flexibility index (Phi) is 3.53. The quantitative estimate of drug-likeness (QED) is 0.613. The second kappa shape index (κ2) is 4.60. The predicted molar refractivity (Wildman–Crippen MR) is 67.7 cm³/mol. The molecular formula is C5H4Br2N6O4S2. The van der Waals surface area contributed by atoms with Crippen molar-refractivity contribution in [1.82, 2.24) is 30.4 Å². The molecule has 2 aromatic rings. The van der Waals surface area contributed by atoms with Crippen LogP contribution in [0, 0.1) is 0 Å². The highest BCUT2D eigenvalue weighted by Crippen LogP contribution is 2.43. The molecule has 2 aromatic heterocycles. The van der Waals surface area contributed by atoms with Crippen molar-refractivity contribution in [2.45, 2.75) is 12.2 Å². The highest BCUT2D eigenvalue weighted by Gasteiger charge is 2.55. The van der Waals surface area contributed by atoms with Crippen molar-refractivity contribution in [3.8, 4) is 0 Å². The standard InChI is InChI=1S/C5H4Br2N6O4S2/c6-5(7,18(14,15)3-8-1-10-12-3)19(16,17)4-9-2-11-13-4/h1-2H,(H,8,10,12)(H,9,11,13). The van der Waals surface area contributed by atoms with Crippen molar-refractivity contribution >= 4 is 51.5 Å². The minimum Gasteiger partial charge on any atom is -0.250 e. The van der Waals surface area contributed by atoms with Gasteiger partial charge in [-0.15, -0.1) is 0 Å². The summed E-state index contributed by atoms with van der Waals surface area (Å²) < 4.78 is 46.2. The Morgan fingerprint density at radius 2 is 1.26 bits per heavy atom. The first-order chi connectivity index (χ1) is 8.71. The molecule has 104 valence electrons. The molecule has 2 rings (SSSR count). The van der Waals surface area contributed by atoms with Crippen LogP contribution in [0.2, 0.25) is 0 Å². The number of nitrogens with zero attached hydrogens (tertiary/aromatic N) is 4. The molecule has 2 heterocycles. The molecule has 0 aliphatic carbocycles. The van der Waals surface area contributed by atoms with Gasteiger partial charge in [-0.25, -0.2) is 37.0 Å². The lowest BCUT2D eigenvalue weighted by atomic mass is 11.3. The third-order valence-electron chi connectivity index (χ3n) is 1.92. The Labute approximate surface area is 123 Å². The molecule has 10 nitrogen and oxygen atoms in total. The average molecular weight is 436 g/mol. The topological polar surface area (TPSA) is 151 Å². The fraction of sp³-hybridized carbons (Fsp3) is 0.200. The summed E-state index contributed by atoms with van der Waals surface area (Å²) in [5, 5.41) is 9.64. The summed E-state index contributed by atoms with van der Waals surface area (Å²) in [4.78, 5) is 6.85. The molecule has 0 unspecified atom stereocenters. The average Bonchev–Trinajstić information content (AvgIpc) is 3.02. The van der Waals surface area contributed by atoms with E-state index in [2.05, 4.69) is 62.2 Å². The molecule has 0 atom stereocenters. The van der Waals surface area contributed by atoms with Crippen LogP contribution in [0.3, 0.4) is 0 Å². The molecule has 0 spiro atoms. The van der Waals surface area contributed by atoms with Gasteiger partial charge in [0.25, 0.3) is 21.6 Å². The molecule has 0 bridgehead atoms. The SMILES string of the molecule is O=S(=O)(c1ncn[nH]1)C(Br)(Br)S(=O)(=O)c1ncn[nH]1. The molecule has 0 aromatic carbocycles. The summed E-state index contributed by atoms with van der Waals surface area (Å²) >= 11 is 5.27. The van der Waals surface area contributed by atoms with Crippen LogP contribution in [0.25, 0.3) is 0 Å². The lowest BCUT2D eigenvalue weighted by molar-refractivity contribution is 0.575. The highest BCUT2D eigenvalue weighted by molar-refractivity contribution is 9.30. The van der Waals surface area contributed by atoms with Crippen LogP contribution in [0.5, 0.6) is 0 Å². The number of sulfone groups is 2. The van der Waals surface area contributed by atoms with Crippen molar-refractivity contribution in [3.63, 3.8) is 0 Å². The monoisotopic (exact) mass is 434 g/mol. The van der Waals surface area contributed by atoms with E-state index in [1.807, 2.05) is 0 Å². The van der Waals surface area contributed by atoms with Crippen LogP contribution in [0.15, 0.2) is 23.0 Å². The summed E-state index contributed by atoms with van der Waals surface area (Å²) in [5.74, 6) is 0. The van der Waals surface area contributed by atoms with Crippen LogP contribution in [0.4, 0.5) is 0 Å². The van der Waals surface area contributed by atoms with Crippen molar-refractivity contribution in [3.05, 3.63) is 12.7 Å². The van der Waals surface area contributed by atoms with E-state index in [0.717, 1.165) is 12.7 Å². The molecular weight excluding hydrogens is 432 g/mol. The third kappa shape index (κ3) is 2.11. The number of aromatic amines is 2. The van der Waals surface area contributed by atoms with Gasteiger partial charge >= 0.3 is 0 Å². The predicted octanol–water partition coefficient (Wildman–Crippen LogP) is -0.429. The minimum atomic E-state index is -4.45. The van der Waals surface area contributed by atoms with Gasteiger partial charge in [0.2, 0.25) is 10.3 Å². The Morgan fingerprint density at radius 3 is 1.53 bits per heavy atom. The number of aromatic nitrogens is 6. The molecule has 0 radical (unpaired) electrons. The number of hydrogen-bond donors (Lipinski definition) is 2. The molecule has 19 heavy (non-hydrogen) atoms. The zero-order valence-electron chi connectivity index (χ0n) is 8.65. The Balaban J connectivity index is 2.62. The first-order valence-corrected chi connectivity index (χ1v) is 8.84. The lowest BCUT2D eigenvalue weighted by Gasteiger charge is -2.17. The van der Waals surface area contributed by atoms with Gasteiger partial charge in [-0.05, 0) is 31.9 Å². The van der Waals surface area contributed by atoms with Gasteiger partial charge in [-0.3, -0.25) is 0 Å². The summed E-state index contributed by atoms with van der Waals surface area (Å²) in [7, 11) is -8.90. The fourth-order valence-electron chi connectivity index (χ4n) is 1.02. The van der Waals surface area contributed by atoms with Crippen LogP contribution in [-0.2, 0) is 19.7 Å². The van der Waals surface area contributed by atoms with E-state index >= 15 is 0 Å². The van der Waals surface area contributed by atoms with Crippen LogP contribution in [0.1, 0.15) is 0 Å². The van der Waals surface area contributed by atoms with E-state index in [0.29, 0.717) is 0 Å². The van der Waals surface area contributed by atoms with Crippen LogP contribution < -0.4 is 0 Å². The molecule has 0 saturated heterocycles. The van der Waals surface area contributed by atoms with Gasteiger partial charge in [0.15, 0.2) is 0 Å². The van der Waals surface area contributed by atoms with Crippen LogP contribution in [-0.4, -0.2) is 49.1 Å². The third-order valence-corrected chi connectivity index (χ3v) is 11.0. The van der Waals surface area contributed by atoms with Crippen molar-refractivity contribution in [1.29, 1.82) is 0 Å². The number of H-pyrrole nitrogens is 2. The number of hydrogen-bond acceptors (Lipinski definition) is 8. The molecule has 0 fully saturated rings. The maximum atomic E-state index is 12.2. The van der Waals surface area contributed by atoms with E-state index < -0.39 is 31.9 Å². The first kappa shape index (κ1) is 14.5. The zero-order valence-corrected chi connectivity index (χ0v) is 13.5. The molecule has 0 aliphatic rings. The first-order valence-electron chi connectivity index (χ1n) is 4.29. The lowest BCUT2D eigenvalue weighted by Crippen LogP contribution is -2.36. The molecule has 0 saturated carbocycles. The van der Waals surface area contributed by atoms with E-state index in [-0.39, 0.29) is 0 Å². The number of nitrogens with one attached hydrogen (secondary N) is 2. The maximum absolute atomic E-state index is 12.2. The Hall–Kier alpha value is -0.860. The summed E-state index contributed by atoms with van der Waals surface area (Å²) in [6.45, 7) is 0. The summed E-state index contributed by atoms with van der Waals surface area (Å²) in [6.07, 6.45) is 1.87. The highest BCUT2D eigenvalue weighted by atomic mass is 79.9. The van der Waals surface area contributed by atoms with Crippen molar-refractivity contribution < 1.29 is 16.8 Å². The second-order valence-corrected chi connectivity index (χ2v) is 12.9. The molecule has 0 aliphatic heterocycles. The molecule has 14 heteroatoms. The summed E-state index contributed by atoms with van der Waals surface area (Å²) in [5.41, 5.74) is 0. The van der Waals surface area contributed by atoms with E-state index in [4.69, 9.17) is 0 Å². The van der Waals surface area contributed by atoms with E-state index in [1.54, 1.807) is 0 Å². The van der Waals surface area contributed by atoms with Gasteiger partial charge in [-0.2, -0.15) is 10.2 Å². The van der Waals surface area contributed by atoms with Gasteiger partial charge in [0.1, 0.15) is 12.7 Å². The van der Waals surface area contributed by atoms with E-state index in [1.165, 1.54) is 0 Å². The van der Waals surface area contributed by atoms with Crippen LogP contribution >= 0.6 is 31.9 Å². The van der Waals surface area contributed by atoms with E-state index in [9.17, 15) is 16.8 Å². The second-order valence-electron chi connectivity index (χ2n) is 3.05. The van der Waals surface area contributed by atoms with Gasteiger partial charge in [-0.1, -0.05) is 0 Å². The molecule has 0 amide bonds. The Morgan fingerprint density at radius 1 is 0.895 bits per heavy atom. The maximum Gasteiger partial charge on any atom is 0.295 e. The zero-order chi connectivity index (χ0) is 14.3. The van der Waals surface area contributed by atoms with Gasteiger partial charge in [0.05, 0.1) is 0 Å². The number of alkyl halides is 2. The van der Waals surface area contributed by atoms with Gasteiger partial charge in [0, 0.05) is 0 Å². The number of rotatable bonds is 4. The Bertz CT molecular complexity index is 699. The number of halogens is 2. The summed E-state index contributed by atoms with van der Waals surface area (Å²) in [6, 6.07) is 0. The molecule has 2 N–H and O–H groups in total. The largest absolute Gasteiger partial charge is 0.295 e.